The maximum absolute atomic E-state index is 13.7. The largest absolute Gasteiger partial charge is 0.481 e. The first-order valence-electron chi connectivity index (χ1n) is 6.25. The molecular weight excluding hydrogens is 251 g/mol. The predicted octanol–water partition coefficient (Wildman–Crippen LogP) is 2.63. The fourth-order valence-electron chi connectivity index (χ4n) is 2.42. The molecule has 1 fully saturated rings. The van der Waals surface area contributed by atoms with Crippen molar-refractivity contribution in [1.29, 1.82) is 0 Å². The zero-order valence-electron chi connectivity index (χ0n) is 10.9. The summed E-state index contributed by atoms with van der Waals surface area (Å²) in [5.41, 5.74) is 5.32. The molecule has 3 unspecified atom stereocenters. The smallest absolute Gasteiger partial charge is 0.314 e. The molecular formula is C13H17FN2O3. The molecule has 0 aromatic heterocycles. The highest BCUT2D eigenvalue weighted by Gasteiger charge is 2.51. The quantitative estimate of drug-likeness (QED) is 0.672. The fraction of sp³-hybridized carbons (Fsp3) is 0.538. The lowest BCUT2D eigenvalue weighted by atomic mass is 9.62. The zero-order valence-corrected chi connectivity index (χ0v) is 10.9. The molecule has 1 aromatic carbocycles. The highest BCUT2D eigenvalue weighted by molar-refractivity contribution is 5.47. The van der Waals surface area contributed by atoms with Crippen molar-refractivity contribution in [2.45, 2.75) is 38.8 Å². The van der Waals surface area contributed by atoms with Gasteiger partial charge in [0.2, 0.25) is 5.75 Å². The number of nitrogens with zero attached hydrogens (tertiary/aromatic N) is 1. The molecule has 1 aliphatic carbocycles. The third kappa shape index (κ3) is 2.16. The van der Waals surface area contributed by atoms with Gasteiger partial charge in [-0.15, -0.1) is 0 Å². The highest BCUT2D eigenvalue weighted by Crippen LogP contribution is 2.46. The Kier molecular flexibility index (Phi) is 3.45. The summed E-state index contributed by atoms with van der Waals surface area (Å²) in [6, 6.07) is 3.67. The van der Waals surface area contributed by atoms with Crippen LogP contribution in [0.15, 0.2) is 18.2 Å². The summed E-state index contributed by atoms with van der Waals surface area (Å²) in [6.45, 7) is 3.93. The van der Waals surface area contributed by atoms with Gasteiger partial charge in [0.1, 0.15) is 6.10 Å². The Morgan fingerprint density at radius 1 is 1.63 bits per heavy atom. The van der Waals surface area contributed by atoms with Crippen LogP contribution in [0.1, 0.15) is 26.7 Å². The van der Waals surface area contributed by atoms with Crippen molar-refractivity contribution in [2.75, 3.05) is 0 Å². The lowest BCUT2D eigenvalue weighted by molar-refractivity contribution is -0.386. The first-order chi connectivity index (χ1) is 8.90. The van der Waals surface area contributed by atoms with Gasteiger partial charge < -0.3 is 10.5 Å². The molecule has 1 aliphatic rings. The van der Waals surface area contributed by atoms with Crippen LogP contribution in [0.25, 0.3) is 0 Å². The summed E-state index contributed by atoms with van der Waals surface area (Å²) in [5.74, 6) is -1.00. The molecule has 0 spiro atoms. The summed E-state index contributed by atoms with van der Waals surface area (Å²) in [7, 11) is 0. The van der Waals surface area contributed by atoms with E-state index in [2.05, 4.69) is 0 Å². The van der Waals surface area contributed by atoms with Gasteiger partial charge in [-0.3, -0.25) is 10.1 Å². The minimum absolute atomic E-state index is 0.0201. The molecule has 0 bridgehead atoms. The average molecular weight is 268 g/mol. The Hall–Kier alpha value is -1.69. The van der Waals surface area contributed by atoms with Crippen LogP contribution in [0, 0.1) is 21.3 Å². The number of halogens is 1. The van der Waals surface area contributed by atoms with Crippen molar-refractivity contribution in [3.63, 3.8) is 0 Å². The molecule has 2 rings (SSSR count). The molecule has 104 valence electrons. The molecule has 19 heavy (non-hydrogen) atoms. The monoisotopic (exact) mass is 268 g/mol. The maximum atomic E-state index is 13.7. The van der Waals surface area contributed by atoms with Crippen molar-refractivity contribution < 1.29 is 14.1 Å². The molecule has 3 atom stereocenters. The van der Waals surface area contributed by atoms with Gasteiger partial charge in [0.25, 0.3) is 0 Å². The Morgan fingerprint density at radius 3 is 2.84 bits per heavy atom. The number of rotatable bonds is 4. The molecule has 1 aromatic rings. The van der Waals surface area contributed by atoms with E-state index in [0.29, 0.717) is 6.42 Å². The molecule has 0 heterocycles. The minimum atomic E-state index is -0.715. The Bertz CT molecular complexity index is 509. The predicted molar refractivity (Wildman–Crippen MR) is 68.5 cm³/mol. The van der Waals surface area contributed by atoms with Crippen LogP contribution in [-0.2, 0) is 0 Å². The molecule has 2 N–H and O–H groups in total. The third-order valence-electron chi connectivity index (χ3n) is 4.22. The topological polar surface area (TPSA) is 78.4 Å². The summed E-state index contributed by atoms with van der Waals surface area (Å²) >= 11 is 0. The van der Waals surface area contributed by atoms with E-state index >= 15 is 0 Å². The van der Waals surface area contributed by atoms with Gasteiger partial charge in [0.15, 0.2) is 5.82 Å². The minimum Gasteiger partial charge on any atom is -0.481 e. The van der Waals surface area contributed by atoms with Crippen molar-refractivity contribution in [1.82, 2.24) is 0 Å². The summed E-state index contributed by atoms with van der Waals surface area (Å²) < 4.78 is 19.3. The normalized spacial score (nSPS) is 29.7. The van der Waals surface area contributed by atoms with Crippen LogP contribution in [0.2, 0.25) is 0 Å². The van der Waals surface area contributed by atoms with E-state index in [1.807, 2.05) is 13.8 Å². The van der Waals surface area contributed by atoms with Gasteiger partial charge in [-0.25, -0.2) is 4.39 Å². The molecule has 0 amide bonds. The van der Waals surface area contributed by atoms with E-state index in [9.17, 15) is 14.5 Å². The van der Waals surface area contributed by atoms with E-state index < -0.39 is 10.7 Å². The molecule has 0 saturated heterocycles. The van der Waals surface area contributed by atoms with Crippen molar-refractivity contribution in [3.05, 3.63) is 34.1 Å². The second-order valence-corrected chi connectivity index (χ2v) is 5.15. The Labute approximate surface area is 110 Å². The van der Waals surface area contributed by atoms with Gasteiger partial charge in [0, 0.05) is 23.9 Å². The maximum Gasteiger partial charge on any atom is 0.314 e. The van der Waals surface area contributed by atoms with E-state index in [-0.39, 0.29) is 29.0 Å². The van der Waals surface area contributed by atoms with Crippen LogP contribution in [0.3, 0.4) is 0 Å². The number of nitro benzene ring substituents is 1. The summed E-state index contributed by atoms with van der Waals surface area (Å²) in [4.78, 5) is 10.3. The number of nitrogens with two attached hydrogens (primary N) is 1. The molecule has 5 nitrogen and oxygen atoms in total. The van der Waals surface area contributed by atoms with Crippen LogP contribution >= 0.6 is 0 Å². The first-order valence-corrected chi connectivity index (χ1v) is 6.25. The van der Waals surface area contributed by atoms with Gasteiger partial charge in [0.05, 0.1) is 4.92 Å². The molecule has 0 aliphatic heterocycles. The van der Waals surface area contributed by atoms with Crippen LogP contribution < -0.4 is 10.5 Å². The van der Waals surface area contributed by atoms with Crippen molar-refractivity contribution in [3.8, 4) is 5.75 Å². The molecule has 0 radical (unpaired) electrons. The molecule has 6 heteroatoms. The van der Waals surface area contributed by atoms with E-state index in [4.69, 9.17) is 10.5 Å². The van der Waals surface area contributed by atoms with Gasteiger partial charge in [-0.05, 0) is 12.5 Å². The lowest BCUT2D eigenvalue weighted by Gasteiger charge is -2.51. The number of ether oxygens (including phenoxy) is 1. The van der Waals surface area contributed by atoms with Crippen molar-refractivity contribution in [2.24, 2.45) is 11.1 Å². The third-order valence-corrected chi connectivity index (χ3v) is 4.22. The van der Waals surface area contributed by atoms with Gasteiger partial charge in [-0.1, -0.05) is 19.9 Å². The van der Waals surface area contributed by atoms with Crippen LogP contribution in [-0.4, -0.2) is 17.1 Å². The zero-order chi connectivity index (χ0) is 14.2. The van der Waals surface area contributed by atoms with Gasteiger partial charge in [-0.2, -0.15) is 0 Å². The van der Waals surface area contributed by atoms with Crippen LogP contribution in [0.5, 0.6) is 5.75 Å². The standard InChI is InChI=1S/C13H17FN2O3/c1-3-13(2)10(15)7-11(13)19-12-8(14)5-4-6-9(12)16(17)18/h4-6,10-11H,3,7,15H2,1-2H3. The van der Waals surface area contributed by atoms with Gasteiger partial charge >= 0.3 is 5.69 Å². The molecule has 1 saturated carbocycles. The number of para-hydroxylation sites is 1. The van der Waals surface area contributed by atoms with E-state index in [1.54, 1.807) is 0 Å². The SMILES string of the molecule is CCC1(C)C(N)CC1Oc1c(F)cccc1[N+](=O)[O-]. The Balaban J connectivity index is 2.28. The second-order valence-electron chi connectivity index (χ2n) is 5.15. The fourth-order valence-corrected chi connectivity index (χ4v) is 2.42. The average Bonchev–Trinajstić information content (AvgIpc) is 2.38. The lowest BCUT2D eigenvalue weighted by Crippen LogP contribution is -2.61. The van der Waals surface area contributed by atoms with Crippen LogP contribution in [0.4, 0.5) is 10.1 Å². The first kappa shape index (κ1) is 13.7. The van der Waals surface area contributed by atoms with E-state index in [0.717, 1.165) is 12.5 Å². The van der Waals surface area contributed by atoms with E-state index in [1.165, 1.54) is 12.1 Å². The Morgan fingerprint density at radius 2 is 2.32 bits per heavy atom. The van der Waals surface area contributed by atoms with Crippen molar-refractivity contribution >= 4 is 5.69 Å². The summed E-state index contributed by atoms with van der Waals surface area (Å²) in [6.07, 6.45) is 1.07. The number of nitro groups is 1. The number of hydrogen-bond donors (Lipinski definition) is 1. The summed E-state index contributed by atoms with van der Waals surface area (Å²) in [5, 5.41) is 10.9. The second kappa shape index (κ2) is 4.77. The highest BCUT2D eigenvalue weighted by atomic mass is 19.1. The number of benzene rings is 1. The number of hydrogen-bond acceptors (Lipinski definition) is 4.